The number of rotatable bonds is 20. The van der Waals surface area contributed by atoms with Crippen LogP contribution in [0.5, 0.6) is 0 Å². The number of allylic oxidation sites excluding steroid dienone is 2. The molecule has 0 radical (unpaired) electrons. The van der Waals surface area contributed by atoms with Crippen LogP contribution in [0.15, 0.2) is 12.2 Å². The lowest BCUT2D eigenvalue weighted by Gasteiger charge is -2.10. The van der Waals surface area contributed by atoms with Gasteiger partial charge in [0, 0.05) is 0 Å². The van der Waals surface area contributed by atoms with E-state index in [0.717, 1.165) is 12.8 Å². The van der Waals surface area contributed by atoms with Crippen molar-refractivity contribution >= 4 is 11.9 Å². The Kier molecular flexibility index (Phi) is 19.5. The predicted molar refractivity (Wildman–Crippen MR) is 116 cm³/mol. The lowest BCUT2D eigenvalue weighted by Crippen LogP contribution is -2.19. The van der Waals surface area contributed by atoms with E-state index in [4.69, 9.17) is 4.74 Å². The zero-order valence-corrected chi connectivity index (χ0v) is 18.4. The number of unbranched alkanes of at least 4 members (excludes halogenated alkanes) is 11. The van der Waals surface area contributed by atoms with E-state index in [2.05, 4.69) is 19.1 Å². The highest BCUT2D eigenvalue weighted by molar-refractivity contribution is 5.78. The molecule has 4 nitrogen and oxygen atoms in total. The van der Waals surface area contributed by atoms with Crippen molar-refractivity contribution in [2.75, 3.05) is 6.61 Å². The molecule has 0 aromatic rings. The normalized spacial score (nSPS) is 12.4. The van der Waals surface area contributed by atoms with Gasteiger partial charge in [-0.25, -0.2) is 0 Å². The molecule has 0 aliphatic heterocycles. The number of ether oxygens (including phenoxy) is 1. The molecule has 164 valence electrons. The second-order valence-corrected chi connectivity index (χ2v) is 7.83. The molecule has 0 rings (SSSR count). The van der Waals surface area contributed by atoms with Gasteiger partial charge in [-0.2, -0.15) is 0 Å². The Morgan fingerprint density at radius 1 is 0.786 bits per heavy atom. The number of esters is 1. The standard InChI is InChI=1S/C24H44O4/c1-3-5-6-7-8-9-10-11-12-13-14-15-16-17-18-19-22(24(26)27)21-23(25)28-20-4-2/h16-17,22H,3-15,18-21H2,1-2H3,(H,26,27)/b17-16+. The number of carboxylic acid groups (broad SMARTS) is 1. The van der Waals surface area contributed by atoms with E-state index in [9.17, 15) is 14.7 Å². The number of hydrogen-bond acceptors (Lipinski definition) is 3. The molecule has 0 aliphatic rings. The van der Waals surface area contributed by atoms with E-state index in [-0.39, 0.29) is 6.42 Å². The lowest BCUT2D eigenvalue weighted by molar-refractivity contribution is -0.151. The van der Waals surface area contributed by atoms with Crippen LogP contribution in [0.2, 0.25) is 0 Å². The van der Waals surface area contributed by atoms with Crippen molar-refractivity contribution in [3.63, 3.8) is 0 Å². The Hall–Kier alpha value is -1.32. The molecule has 0 aliphatic carbocycles. The molecule has 4 heteroatoms. The van der Waals surface area contributed by atoms with Crippen molar-refractivity contribution in [3.8, 4) is 0 Å². The summed E-state index contributed by atoms with van der Waals surface area (Å²) < 4.78 is 4.98. The molecule has 0 heterocycles. The van der Waals surface area contributed by atoms with Crippen LogP contribution in [0.3, 0.4) is 0 Å². The third-order valence-electron chi connectivity index (χ3n) is 5.05. The Morgan fingerprint density at radius 3 is 1.86 bits per heavy atom. The maximum atomic E-state index is 11.6. The van der Waals surface area contributed by atoms with Gasteiger partial charge >= 0.3 is 11.9 Å². The summed E-state index contributed by atoms with van der Waals surface area (Å²) in [5.41, 5.74) is 0. The number of aliphatic carboxylic acids is 1. The molecule has 1 N–H and O–H groups in total. The van der Waals surface area contributed by atoms with Crippen LogP contribution < -0.4 is 0 Å². The van der Waals surface area contributed by atoms with Crippen LogP contribution in [-0.2, 0) is 14.3 Å². The Balaban J connectivity index is 3.57. The van der Waals surface area contributed by atoms with Crippen molar-refractivity contribution in [2.45, 2.75) is 117 Å². The highest BCUT2D eigenvalue weighted by atomic mass is 16.5. The van der Waals surface area contributed by atoms with Gasteiger partial charge in [0.05, 0.1) is 18.9 Å². The summed E-state index contributed by atoms with van der Waals surface area (Å²) in [6.45, 7) is 4.54. The molecular formula is C24H44O4. The Bertz CT molecular complexity index is 403. The molecule has 0 amide bonds. The molecule has 1 atom stereocenters. The fourth-order valence-electron chi connectivity index (χ4n) is 3.25. The SMILES string of the molecule is CCCCCCCCCCCCC/C=C/CCC(CC(=O)OCCC)C(=O)O. The molecule has 0 spiro atoms. The second kappa shape index (κ2) is 20.4. The average Bonchev–Trinajstić information content (AvgIpc) is 2.68. The van der Waals surface area contributed by atoms with Crippen LogP contribution in [0.4, 0.5) is 0 Å². The third kappa shape index (κ3) is 18.1. The monoisotopic (exact) mass is 396 g/mol. The van der Waals surface area contributed by atoms with Crippen LogP contribution >= 0.6 is 0 Å². The Morgan fingerprint density at radius 2 is 1.32 bits per heavy atom. The second-order valence-electron chi connectivity index (χ2n) is 7.83. The van der Waals surface area contributed by atoms with E-state index in [1.165, 1.54) is 70.6 Å². The van der Waals surface area contributed by atoms with Gasteiger partial charge in [0.25, 0.3) is 0 Å². The van der Waals surface area contributed by atoms with E-state index in [1.807, 2.05) is 6.92 Å². The van der Waals surface area contributed by atoms with Gasteiger partial charge in [0.1, 0.15) is 0 Å². The minimum absolute atomic E-state index is 0.0260. The first kappa shape index (κ1) is 26.7. The van der Waals surface area contributed by atoms with Gasteiger partial charge < -0.3 is 9.84 Å². The molecule has 28 heavy (non-hydrogen) atoms. The fourth-order valence-corrected chi connectivity index (χ4v) is 3.25. The average molecular weight is 397 g/mol. The molecule has 0 saturated heterocycles. The zero-order valence-electron chi connectivity index (χ0n) is 18.4. The highest BCUT2D eigenvalue weighted by Crippen LogP contribution is 2.15. The maximum absolute atomic E-state index is 11.6. The van der Waals surface area contributed by atoms with Gasteiger partial charge in [-0.3, -0.25) is 9.59 Å². The smallest absolute Gasteiger partial charge is 0.307 e. The summed E-state index contributed by atoms with van der Waals surface area (Å²) >= 11 is 0. The minimum atomic E-state index is -0.910. The molecular weight excluding hydrogens is 352 g/mol. The summed E-state index contributed by atoms with van der Waals surface area (Å²) in [6.07, 6.45) is 22.0. The summed E-state index contributed by atoms with van der Waals surface area (Å²) in [5.74, 6) is -1.96. The van der Waals surface area contributed by atoms with Crippen molar-refractivity contribution in [1.29, 1.82) is 0 Å². The van der Waals surface area contributed by atoms with Crippen LogP contribution in [0.25, 0.3) is 0 Å². The summed E-state index contributed by atoms with van der Waals surface area (Å²) in [7, 11) is 0. The zero-order chi connectivity index (χ0) is 20.9. The van der Waals surface area contributed by atoms with Crippen LogP contribution in [0, 0.1) is 5.92 Å². The number of carbonyl (C=O) groups is 2. The maximum Gasteiger partial charge on any atom is 0.307 e. The molecule has 0 saturated carbocycles. The van der Waals surface area contributed by atoms with Crippen molar-refractivity contribution < 1.29 is 19.4 Å². The highest BCUT2D eigenvalue weighted by Gasteiger charge is 2.21. The van der Waals surface area contributed by atoms with Gasteiger partial charge in [-0.15, -0.1) is 0 Å². The van der Waals surface area contributed by atoms with Gasteiger partial charge in [0.2, 0.25) is 0 Å². The number of hydrogen-bond donors (Lipinski definition) is 1. The van der Waals surface area contributed by atoms with Crippen molar-refractivity contribution in [1.82, 2.24) is 0 Å². The van der Waals surface area contributed by atoms with E-state index >= 15 is 0 Å². The molecule has 1 unspecified atom stereocenters. The molecule has 0 bridgehead atoms. The molecule has 0 aromatic carbocycles. The topological polar surface area (TPSA) is 63.6 Å². The van der Waals surface area contributed by atoms with Gasteiger partial charge in [-0.05, 0) is 32.1 Å². The Labute approximate surface area is 173 Å². The van der Waals surface area contributed by atoms with Crippen molar-refractivity contribution in [3.05, 3.63) is 12.2 Å². The van der Waals surface area contributed by atoms with E-state index in [0.29, 0.717) is 19.4 Å². The lowest BCUT2D eigenvalue weighted by atomic mass is 9.99. The largest absolute Gasteiger partial charge is 0.481 e. The number of carboxylic acids is 1. The minimum Gasteiger partial charge on any atom is -0.481 e. The van der Waals surface area contributed by atoms with Crippen LogP contribution in [0.1, 0.15) is 117 Å². The first-order valence-corrected chi connectivity index (χ1v) is 11.6. The van der Waals surface area contributed by atoms with Gasteiger partial charge in [-0.1, -0.05) is 90.2 Å². The quantitative estimate of drug-likeness (QED) is 0.136. The number of carbonyl (C=O) groups excluding carboxylic acids is 1. The van der Waals surface area contributed by atoms with E-state index < -0.39 is 17.9 Å². The first-order chi connectivity index (χ1) is 13.6. The predicted octanol–water partition coefficient (Wildman–Crippen LogP) is 7.07. The molecule has 0 aromatic heterocycles. The summed E-state index contributed by atoms with van der Waals surface area (Å²) in [5, 5.41) is 9.23. The van der Waals surface area contributed by atoms with Crippen molar-refractivity contribution in [2.24, 2.45) is 5.92 Å². The fraction of sp³-hybridized carbons (Fsp3) is 0.833. The first-order valence-electron chi connectivity index (χ1n) is 11.6. The summed E-state index contributed by atoms with van der Waals surface area (Å²) in [6, 6.07) is 0. The van der Waals surface area contributed by atoms with Gasteiger partial charge in [0.15, 0.2) is 0 Å². The van der Waals surface area contributed by atoms with E-state index in [1.54, 1.807) is 0 Å². The summed E-state index contributed by atoms with van der Waals surface area (Å²) in [4.78, 5) is 22.8. The molecule has 0 fully saturated rings. The van der Waals surface area contributed by atoms with Crippen LogP contribution in [-0.4, -0.2) is 23.7 Å². The third-order valence-corrected chi connectivity index (χ3v) is 5.05.